The molecule has 0 aliphatic carbocycles. The number of hydrogen-bond donors (Lipinski definition) is 1. The normalized spacial score (nSPS) is 10.9. The molecule has 0 bridgehead atoms. The van der Waals surface area contributed by atoms with E-state index < -0.39 is 0 Å². The fourth-order valence-corrected chi connectivity index (χ4v) is 2.36. The van der Waals surface area contributed by atoms with E-state index >= 15 is 0 Å². The van der Waals surface area contributed by atoms with Crippen LogP contribution in [0.2, 0.25) is 0 Å². The lowest BCUT2D eigenvalue weighted by molar-refractivity contribution is 0.836. The van der Waals surface area contributed by atoms with Crippen molar-refractivity contribution >= 4 is 11.5 Å². The maximum atomic E-state index is 6.08. The number of anilines is 2. The average molecular weight is 270 g/mol. The van der Waals surface area contributed by atoms with Crippen LogP contribution in [0, 0.1) is 6.92 Å². The Morgan fingerprint density at radius 3 is 2.10 bits per heavy atom. The first-order valence-electron chi connectivity index (χ1n) is 6.82. The SMILES string of the molecule is Cc1nc(-c2ccc(N(C)C)cc2)nc(N)c1C(C)C. The molecule has 1 aromatic carbocycles. The Morgan fingerprint density at radius 2 is 1.65 bits per heavy atom. The summed E-state index contributed by atoms with van der Waals surface area (Å²) in [6.07, 6.45) is 0. The lowest BCUT2D eigenvalue weighted by Gasteiger charge is -2.14. The zero-order valence-corrected chi connectivity index (χ0v) is 12.8. The van der Waals surface area contributed by atoms with Crippen LogP contribution in [0.3, 0.4) is 0 Å². The lowest BCUT2D eigenvalue weighted by Crippen LogP contribution is -2.08. The van der Waals surface area contributed by atoms with Crippen molar-refractivity contribution < 1.29 is 0 Å². The van der Waals surface area contributed by atoms with E-state index in [-0.39, 0.29) is 0 Å². The number of nitrogen functional groups attached to an aromatic ring is 1. The van der Waals surface area contributed by atoms with Gasteiger partial charge in [0.05, 0.1) is 0 Å². The molecule has 4 nitrogen and oxygen atoms in total. The number of aryl methyl sites for hydroxylation is 1. The summed E-state index contributed by atoms with van der Waals surface area (Å²) in [7, 11) is 4.04. The number of hydrogen-bond acceptors (Lipinski definition) is 4. The third kappa shape index (κ3) is 2.74. The zero-order chi connectivity index (χ0) is 14.9. The van der Waals surface area contributed by atoms with Crippen LogP contribution in [0.5, 0.6) is 0 Å². The van der Waals surface area contributed by atoms with Crippen molar-refractivity contribution in [3.05, 3.63) is 35.5 Å². The molecule has 0 unspecified atom stereocenters. The van der Waals surface area contributed by atoms with Gasteiger partial charge in [-0.3, -0.25) is 0 Å². The molecule has 106 valence electrons. The van der Waals surface area contributed by atoms with Crippen LogP contribution in [0.1, 0.15) is 31.0 Å². The predicted molar refractivity (Wildman–Crippen MR) is 85.0 cm³/mol. The first-order valence-corrected chi connectivity index (χ1v) is 6.82. The molecule has 0 aliphatic heterocycles. The molecule has 0 fully saturated rings. The first kappa shape index (κ1) is 14.3. The van der Waals surface area contributed by atoms with Crippen LogP contribution in [-0.2, 0) is 0 Å². The quantitative estimate of drug-likeness (QED) is 0.930. The van der Waals surface area contributed by atoms with Gasteiger partial charge in [-0.25, -0.2) is 9.97 Å². The molecule has 0 aliphatic rings. The van der Waals surface area contributed by atoms with Gasteiger partial charge in [-0.2, -0.15) is 0 Å². The van der Waals surface area contributed by atoms with Gasteiger partial charge in [0.15, 0.2) is 5.82 Å². The van der Waals surface area contributed by atoms with Crippen molar-refractivity contribution in [1.29, 1.82) is 0 Å². The standard InChI is InChI=1S/C16H22N4/c1-10(2)14-11(3)18-16(19-15(14)17)12-6-8-13(9-7-12)20(4)5/h6-10H,1-5H3,(H2,17,18,19). The molecule has 0 saturated carbocycles. The Hall–Kier alpha value is -2.10. The minimum atomic E-state index is 0.333. The Bertz CT molecular complexity index is 577. The number of nitrogens with zero attached hydrogens (tertiary/aromatic N) is 3. The molecule has 0 radical (unpaired) electrons. The molecule has 0 spiro atoms. The molecule has 20 heavy (non-hydrogen) atoms. The molecular weight excluding hydrogens is 248 g/mol. The summed E-state index contributed by atoms with van der Waals surface area (Å²) in [6, 6.07) is 8.17. The maximum Gasteiger partial charge on any atom is 0.161 e. The molecule has 0 amide bonds. The van der Waals surface area contributed by atoms with E-state index in [2.05, 4.69) is 40.8 Å². The molecular formula is C16H22N4. The van der Waals surface area contributed by atoms with E-state index in [1.54, 1.807) is 0 Å². The van der Waals surface area contributed by atoms with Gasteiger partial charge >= 0.3 is 0 Å². The average Bonchev–Trinajstić information content (AvgIpc) is 2.37. The Morgan fingerprint density at radius 1 is 1.05 bits per heavy atom. The van der Waals surface area contributed by atoms with Crippen molar-refractivity contribution in [2.45, 2.75) is 26.7 Å². The van der Waals surface area contributed by atoms with Crippen molar-refractivity contribution in [3.63, 3.8) is 0 Å². The molecule has 0 saturated heterocycles. The third-order valence-electron chi connectivity index (χ3n) is 3.38. The van der Waals surface area contributed by atoms with Crippen LogP contribution in [-0.4, -0.2) is 24.1 Å². The van der Waals surface area contributed by atoms with Gasteiger partial charge in [-0.15, -0.1) is 0 Å². The van der Waals surface area contributed by atoms with Gasteiger partial charge < -0.3 is 10.6 Å². The van der Waals surface area contributed by atoms with E-state index in [9.17, 15) is 0 Å². The molecule has 1 heterocycles. The van der Waals surface area contributed by atoms with Crippen LogP contribution in [0.15, 0.2) is 24.3 Å². The van der Waals surface area contributed by atoms with Gasteiger partial charge in [0.25, 0.3) is 0 Å². The number of rotatable bonds is 3. The molecule has 2 aromatic rings. The fraction of sp³-hybridized carbons (Fsp3) is 0.375. The lowest BCUT2D eigenvalue weighted by atomic mass is 10.0. The van der Waals surface area contributed by atoms with Crippen molar-refractivity contribution in [2.24, 2.45) is 0 Å². The highest BCUT2D eigenvalue weighted by Crippen LogP contribution is 2.26. The van der Waals surface area contributed by atoms with E-state index in [1.165, 1.54) is 0 Å². The van der Waals surface area contributed by atoms with Crippen molar-refractivity contribution in [3.8, 4) is 11.4 Å². The molecule has 2 rings (SSSR count). The van der Waals surface area contributed by atoms with Crippen LogP contribution in [0.25, 0.3) is 11.4 Å². The van der Waals surface area contributed by atoms with Gasteiger partial charge in [0.1, 0.15) is 5.82 Å². The first-order chi connectivity index (χ1) is 9.40. The maximum absolute atomic E-state index is 6.08. The number of aromatic nitrogens is 2. The second kappa shape index (κ2) is 5.49. The smallest absolute Gasteiger partial charge is 0.161 e. The molecule has 4 heteroatoms. The van der Waals surface area contributed by atoms with E-state index in [0.29, 0.717) is 17.6 Å². The van der Waals surface area contributed by atoms with Gasteiger partial charge in [-0.05, 0) is 37.1 Å². The third-order valence-corrected chi connectivity index (χ3v) is 3.38. The number of benzene rings is 1. The minimum absolute atomic E-state index is 0.333. The van der Waals surface area contributed by atoms with Gasteiger partial charge in [0, 0.05) is 36.6 Å². The van der Waals surface area contributed by atoms with E-state index in [4.69, 9.17) is 5.73 Å². The molecule has 1 aromatic heterocycles. The Labute approximate surface area is 120 Å². The summed E-state index contributed by atoms with van der Waals surface area (Å²) in [5.41, 5.74) is 10.2. The topological polar surface area (TPSA) is 55.0 Å². The van der Waals surface area contributed by atoms with Crippen LogP contribution >= 0.6 is 0 Å². The Balaban J connectivity index is 2.43. The summed E-state index contributed by atoms with van der Waals surface area (Å²) >= 11 is 0. The fourth-order valence-electron chi connectivity index (χ4n) is 2.36. The Kier molecular flexibility index (Phi) is 3.93. The van der Waals surface area contributed by atoms with Gasteiger partial charge in [0.2, 0.25) is 0 Å². The monoisotopic (exact) mass is 270 g/mol. The summed E-state index contributed by atoms with van der Waals surface area (Å²) in [6.45, 7) is 6.20. The van der Waals surface area contributed by atoms with E-state index in [0.717, 1.165) is 22.5 Å². The second-order valence-electron chi connectivity index (χ2n) is 5.53. The molecule has 0 atom stereocenters. The van der Waals surface area contributed by atoms with E-state index in [1.807, 2.05) is 33.2 Å². The highest BCUT2D eigenvalue weighted by Gasteiger charge is 2.13. The second-order valence-corrected chi connectivity index (χ2v) is 5.53. The van der Waals surface area contributed by atoms with Crippen LogP contribution < -0.4 is 10.6 Å². The summed E-state index contributed by atoms with van der Waals surface area (Å²) in [5.74, 6) is 1.61. The van der Waals surface area contributed by atoms with Crippen molar-refractivity contribution in [1.82, 2.24) is 9.97 Å². The summed E-state index contributed by atoms with van der Waals surface area (Å²) < 4.78 is 0. The van der Waals surface area contributed by atoms with Crippen LogP contribution in [0.4, 0.5) is 11.5 Å². The molecule has 2 N–H and O–H groups in total. The predicted octanol–water partition coefficient (Wildman–Crippen LogP) is 3.22. The highest BCUT2D eigenvalue weighted by atomic mass is 15.1. The summed E-state index contributed by atoms with van der Waals surface area (Å²) in [4.78, 5) is 11.1. The van der Waals surface area contributed by atoms with Gasteiger partial charge in [-0.1, -0.05) is 13.8 Å². The minimum Gasteiger partial charge on any atom is -0.383 e. The zero-order valence-electron chi connectivity index (χ0n) is 12.8. The largest absolute Gasteiger partial charge is 0.383 e. The summed E-state index contributed by atoms with van der Waals surface area (Å²) in [5, 5.41) is 0. The highest BCUT2D eigenvalue weighted by molar-refractivity contribution is 5.62. The number of nitrogens with two attached hydrogens (primary N) is 1. The van der Waals surface area contributed by atoms with Crippen molar-refractivity contribution in [2.75, 3.05) is 24.7 Å².